The summed E-state index contributed by atoms with van der Waals surface area (Å²) in [5.74, 6) is 0. The first-order valence-corrected chi connectivity index (χ1v) is 5.82. The molecule has 1 atom stereocenters. The van der Waals surface area contributed by atoms with Gasteiger partial charge in [0.15, 0.2) is 0 Å². The minimum Gasteiger partial charge on any atom is -0.275 e. The molecule has 15 heavy (non-hydrogen) atoms. The highest BCUT2D eigenvalue weighted by molar-refractivity contribution is 9.09. The average molecular weight is 265 g/mol. The number of aryl methyl sites for hydroxylation is 1. The Hall–Kier alpha value is -1.09. The van der Waals surface area contributed by atoms with Gasteiger partial charge in [-0.05, 0) is 18.6 Å². The van der Waals surface area contributed by atoms with E-state index in [2.05, 4.69) is 52.2 Å². The SMILES string of the molecule is CC(Br)c1ccc(-c2ccn(C)n2)cc1. The second-order valence-electron chi connectivity index (χ2n) is 3.61. The van der Waals surface area contributed by atoms with E-state index in [1.807, 2.05) is 24.0 Å². The molecule has 0 fully saturated rings. The fourth-order valence-corrected chi connectivity index (χ4v) is 1.79. The van der Waals surface area contributed by atoms with E-state index in [0.717, 1.165) is 11.3 Å². The third-order valence-electron chi connectivity index (χ3n) is 2.38. The van der Waals surface area contributed by atoms with Gasteiger partial charge in [0.2, 0.25) is 0 Å². The van der Waals surface area contributed by atoms with E-state index < -0.39 is 0 Å². The molecule has 0 aliphatic rings. The normalized spacial score (nSPS) is 12.7. The molecule has 0 bridgehead atoms. The highest BCUT2D eigenvalue weighted by atomic mass is 79.9. The zero-order valence-electron chi connectivity index (χ0n) is 8.81. The van der Waals surface area contributed by atoms with E-state index in [1.165, 1.54) is 5.56 Å². The predicted molar refractivity (Wildman–Crippen MR) is 66.0 cm³/mol. The number of hydrogen-bond acceptors (Lipinski definition) is 1. The maximum Gasteiger partial charge on any atom is 0.0923 e. The first kappa shape index (κ1) is 10.4. The lowest BCUT2D eigenvalue weighted by molar-refractivity contribution is 0.771. The molecule has 2 nitrogen and oxygen atoms in total. The van der Waals surface area contributed by atoms with Crippen LogP contribution in [0.1, 0.15) is 17.3 Å². The predicted octanol–water partition coefficient (Wildman–Crippen LogP) is 3.54. The van der Waals surface area contributed by atoms with Gasteiger partial charge in [0.1, 0.15) is 0 Å². The van der Waals surface area contributed by atoms with E-state index in [9.17, 15) is 0 Å². The zero-order chi connectivity index (χ0) is 10.8. The number of benzene rings is 1. The van der Waals surface area contributed by atoms with Crippen molar-refractivity contribution in [1.29, 1.82) is 0 Å². The molecular weight excluding hydrogens is 252 g/mol. The Kier molecular flexibility index (Phi) is 2.91. The summed E-state index contributed by atoms with van der Waals surface area (Å²) in [6.45, 7) is 2.12. The Morgan fingerprint density at radius 1 is 1.20 bits per heavy atom. The highest BCUT2D eigenvalue weighted by Crippen LogP contribution is 2.24. The topological polar surface area (TPSA) is 17.8 Å². The minimum absolute atomic E-state index is 0.398. The minimum atomic E-state index is 0.398. The van der Waals surface area contributed by atoms with Crippen molar-refractivity contribution < 1.29 is 0 Å². The number of nitrogens with zero attached hydrogens (tertiary/aromatic N) is 2. The van der Waals surface area contributed by atoms with Crippen LogP contribution in [0, 0.1) is 0 Å². The summed E-state index contributed by atoms with van der Waals surface area (Å²) in [6, 6.07) is 10.5. The number of halogens is 1. The van der Waals surface area contributed by atoms with Crippen molar-refractivity contribution in [3.8, 4) is 11.3 Å². The lowest BCUT2D eigenvalue weighted by atomic mass is 10.1. The van der Waals surface area contributed by atoms with Crippen molar-refractivity contribution in [2.45, 2.75) is 11.8 Å². The molecule has 0 saturated carbocycles. The molecular formula is C12H13BrN2. The Balaban J connectivity index is 2.31. The fourth-order valence-electron chi connectivity index (χ4n) is 1.49. The van der Waals surface area contributed by atoms with Gasteiger partial charge in [0.25, 0.3) is 0 Å². The molecule has 1 aromatic heterocycles. The van der Waals surface area contributed by atoms with Gasteiger partial charge in [-0.25, -0.2) is 0 Å². The van der Waals surface area contributed by atoms with E-state index in [1.54, 1.807) is 0 Å². The maximum atomic E-state index is 4.36. The van der Waals surface area contributed by atoms with E-state index in [0.29, 0.717) is 4.83 Å². The molecule has 78 valence electrons. The lowest BCUT2D eigenvalue weighted by Gasteiger charge is -2.03. The van der Waals surface area contributed by atoms with E-state index in [4.69, 9.17) is 0 Å². The van der Waals surface area contributed by atoms with Crippen LogP contribution in [0.4, 0.5) is 0 Å². The first-order chi connectivity index (χ1) is 7.16. The largest absolute Gasteiger partial charge is 0.275 e. The van der Waals surface area contributed by atoms with Crippen LogP contribution in [0.5, 0.6) is 0 Å². The molecule has 1 heterocycles. The number of rotatable bonds is 2. The Morgan fingerprint density at radius 3 is 2.33 bits per heavy atom. The zero-order valence-corrected chi connectivity index (χ0v) is 10.4. The van der Waals surface area contributed by atoms with Crippen molar-refractivity contribution in [3.05, 3.63) is 42.1 Å². The van der Waals surface area contributed by atoms with Crippen LogP contribution in [0.2, 0.25) is 0 Å². The van der Waals surface area contributed by atoms with Crippen LogP contribution < -0.4 is 0 Å². The van der Waals surface area contributed by atoms with Crippen LogP contribution in [0.3, 0.4) is 0 Å². The Bertz CT molecular complexity index is 443. The van der Waals surface area contributed by atoms with Crippen molar-refractivity contribution in [2.24, 2.45) is 7.05 Å². The second-order valence-corrected chi connectivity index (χ2v) is 4.99. The molecule has 0 radical (unpaired) electrons. The molecule has 2 rings (SSSR count). The molecule has 0 aliphatic carbocycles. The van der Waals surface area contributed by atoms with Gasteiger partial charge in [-0.15, -0.1) is 0 Å². The summed E-state index contributed by atoms with van der Waals surface area (Å²) in [5.41, 5.74) is 3.47. The summed E-state index contributed by atoms with van der Waals surface area (Å²) in [4.78, 5) is 0.398. The van der Waals surface area contributed by atoms with Crippen LogP contribution in [-0.4, -0.2) is 9.78 Å². The van der Waals surface area contributed by atoms with Gasteiger partial charge in [0.05, 0.1) is 5.69 Å². The van der Waals surface area contributed by atoms with E-state index >= 15 is 0 Å². The summed E-state index contributed by atoms with van der Waals surface area (Å²) >= 11 is 3.55. The number of alkyl halides is 1. The van der Waals surface area contributed by atoms with Gasteiger partial charge in [-0.2, -0.15) is 5.10 Å². The van der Waals surface area contributed by atoms with Gasteiger partial charge >= 0.3 is 0 Å². The van der Waals surface area contributed by atoms with Crippen molar-refractivity contribution in [1.82, 2.24) is 9.78 Å². The van der Waals surface area contributed by atoms with Crippen molar-refractivity contribution in [2.75, 3.05) is 0 Å². The van der Waals surface area contributed by atoms with Gasteiger partial charge in [-0.1, -0.05) is 40.2 Å². The first-order valence-electron chi connectivity index (χ1n) is 4.91. The standard InChI is InChI=1S/C12H13BrN2/c1-9(13)10-3-5-11(6-4-10)12-7-8-15(2)14-12/h3-9H,1-2H3. The van der Waals surface area contributed by atoms with Gasteiger partial charge in [0, 0.05) is 23.6 Å². The molecule has 1 unspecified atom stereocenters. The fraction of sp³-hybridized carbons (Fsp3) is 0.250. The van der Waals surface area contributed by atoms with Crippen molar-refractivity contribution >= 4 is 15.9 Å². The Labute approximate surface area is 98.1 Å². The molecule has 0 N–H and O–H groups in total. The quantitative estimate of drug-likeness (QED) is 0.759. The maximum absolute atomic E-state index is 4.36. The molecule has 3 heteroatoms. The van der Waals surface area contributed by atoms with Crippen LogP contribution in [0.25, 0.3) is 11.3 Å². The smallest absolute Gasteiger partial charge is 0.0923 e. The van der Waals surface area contributed by atoms with Gasteiger partial charge < -0.3 is 0 Å². The summed E-state index contributed by atoms with van der Waals surface area (Å²) in [6.07, 6.45) is 1.95. The molecule has 0 spiro atoms. The monoisotopic (exact) mass is 264 g/mol. The molecule has 2 aromatic rings. The van der Waals surface area contributed by atoms with Crippen LogP contribution in [0.15, 0.2) is 36.5 Å². The number of aromatic nitrogens is 2. The molecule has 0 amide bonds. The third kappa shape index (κ3) is 2.29. The third-order valence-corrected chi connectivity index (χ3v) is 2.91. The average Bonchev–Trinajstić information content (AvgIpc) is 2.65. The second kappa shape index (κ2) is 4.19. The molecule has 0 saturated heterocycles. The summed E-state index contributed by atoms with van der Waals surface area (Å²) in [5, 5.41) is 4.36. The highest BCUT2D eigenvalue weighted by Gasteiger charge is 2.03. The Morgan fingerprint density at radius 2 is 1.87 bits per heavy atom. The number of hydrogen-bond donors (Lipinski definition) is 0. The molecule has 0 aliphatic heterocycles. The summed E-state index contributed by atoms with van der Waals surface area (Å²) < 4.78 is 1.82. The molecule has 1 aromatic carbocycles. The van der Waals surface area contributed by atoms with Gasteiger partial charge in [-0.3, -0.25) is 4.68 Å². The lowest BCUT2D eigenvalue weighted by Crippen LogP contribution is -1.88. The van der Waals surface area contributed by atoms with Crippen LogP contribution >= 0.6 is 15.9 Å². The van der Waals surface area contributed by atoms with Crippen molar-refractivity contribution in [3.63, 3.8) is 0 Å². The summed E-state index contributed by atoms with van der Waals surface area (Å²) in [7, 11) is 1.93. The van der Waals surface area contributed by atoms with Crippen LogP contribution in [-0.2, 0) is 7.05 Å². The van der Waals surface area contributed by atoms with E-state index in [-0.39, 0.29) is 0 Å².